The SMILES string of the molecule is C=Cc1c(C)sc2ccc3c(c12)Oc1ccc(N(c2cc(-c4ccccc4)cc(-c4ccccc4)c2)c2ccc4c(c2)C(C)(C)c2ccccc2-4)cc1C3(C)C. The van der Waals surface area contributed by atoms with Gasteiger partial charge in [0.1, 0.15) is 11.5 Å². The summed E-state index contributed by atoms with van der Waals surface area (Å²) in [5.41, 5.74) is 16.4. The highest BCUT2D eigenvalue weighted by atomic mass is 32.1. The van der Waals surface area contributed by atoms with Crippen molar-refractivity contribution in [1.29, 1.82) is 0 Å². The Labute approximate surface area is 334 Å². The molecule has 8 aromatic rings. The van der Waals surface area contributed by atoms with Crippen molar-refractivity contribution in [3.05, 3.63) is 191 Å². The monoisotopic (exact) mass is 741 g/mol. The second-order valence-corrected chi connectivity index (χ2v) is 17.5. The lowest BCUT2D eigenvalue weighted by atomic mass is 9.75. The minimum Gasteiger partial charge on any atom is -0.456 e. The van der Waals surface area contributed by atoms with Crippen LogP contribution in [0.15, 0.2) is 158 Å². The van der Waals surface area contributed by atoms with Crippen LogP contribution >= 0.6 is 11.3 Å². The van der Waals surface area contributed by atoms with Crippen molar-refractivity contribution in [3.8, 4) is 44.9 Å². The zero-order valence-corrected chi connectivity index (χ0v) is 33.3. The largest absolute Gasteiger partial charge is 0.456 e. The van der Waals surface area contributed by atoms with Crippen molar-refractivity contribution in [1.82, 2.24) is 0 Å². The molecule has 10 rings (SSSR count). The number of hydrogen-bond donors (Lipinski definition) is 0. The molecule has 2 aliphatic rings. The molecule has 272 valence electrons. The second kappa shape index (κ2) is 12.7. The number of thiophene rings is 1. The zero-order valence-electron chi connectivity index (χ0n) is 32.5. The summed E-state index contributed by atoms with van der Waals surface area (Å²) in [7, 11) is 0. The molecule has 56 heavy (non-hydrogen) atoms. The highest BCUT2D eigenvalue weighted by Gasteiger charge is 2.38. The van der Waals surface area contributed by atoms with Gasteiger partial charge in [0.2, 0.25) is 0 Å². The Morgan fingerprint density at radius 1 is 0.536 bits per heavy atom. The molecule has 1 aromatic heterocycles. The van der Waals surface area contributed by atoms with Crippen LogP contribution in [0.3, 0.4) is 0 Å². The molecule has 2 heterocycles. The number of aryl methyl sites for hydroxylation is 1. The van der Waals surface area contributed by atoms with Gasteiger partial charge in [-0.3, -0.25) is 0 Å². The number of fused-ring (bicyclic) bond motifs is 7. The molecule has 0 saturated heterocycles. The van der Waals surface area contributed by atoms with Crippen molar-refractivity contribution in [2.75, 3.05) is 4.90 Å². The molecule has 0 N–H and O–H groups in total. The van der Waals surface area contributed by atoms with E-state index in [1.807, 2.05) is 6.08 Å². The van der Waals surface area contributed by atoms with Crippen LogP contribution in [-0.4, -0.2) is 0 Å². The molecule has 3 heteroatoms. The van der Waals surface area contributed by atoms with Crippen LogP contribution in [-0.2, 0) is 10.8 Å². The number of ether oxygens (including phenoxy) is 1. The van der Waals surface area contributed by atoms with Crippen molar-refractivity contribution < 1.29 is 4.74 Å². The Morgan fingerprint density at radius 3 is 1.80 bits per heavy atom. The third-order valence-corrected chi connectivity index (χ3v) is 13.3. The van der Waals surface area contributed by atoms with Gasteiger partial charge in [0.05, 0.1) is 0 Å². The van der Waals surface area contributed by atoms with Crippen LogP contribution in [0.5, 0.6) is 11.5 Å². The van der Waals surface area contributed by atoms with Crippen LogP contribution in [0.1, 0.15) is 60.4 Å². The highest BCUT2D eigenvalue weighted by Crippen LogP contribution is 2.55. The summed E-state index contributed by atoms with van der Waals surface area (Å²) in [6.07, 6.45) is 1.98. The number of rotatable bonds is 6. The first-order valence-electron chi connectivity index (χ1n) is 19.5. The van der Waals surface area contributed by atoms with Gasteiger partial charge in [0, 0.05) is 54.0 Å². The van der Waals surface area contributed by atoms with Crippen LogP contribution in [0.4, 0.5) is 17.1 Å². The Kier molecular flexibility index (Phi) is 7.78. The fourth-order valence-electron chi connectivity index (χ4n) is 9.25. The average molecular weight is 742 g/mol. The molecule has 1 aliphatic carbocycles. The summed E-state index contributed by atoms with van der Waals surface area (Å²) in [6.45, 7) is 15.7. The fraction of sp³-hybridized carbons (Fsp3) is 0.132. The molecule has 0 atom stereocenters. The lowest BCUT2D eigenvalue weighted by Gasteiger charge is -2.36. The molecule has 0 amide bonds. The number of hydrogen-bond acceptors (Lipinski definition) is 3. The second-order valence-electron chi connectivity index (χ2n) is 16.2. The maximum Gasteiger partial charge on any atom is 0.140 e. The van der Waals surface area contributed by atoms with E-state index in [1.165, 1.54) is 59.6 Å². The summed E-state index contributed by atoms with van der Waals surface area (Å²) < 4.78 is 8.18. The molecule has 7 aromatic carbocycles. The normalized spacial score (nSPS) is 14.3. The molecular weight excluding hydrogens is 699 g/mol. The van der Waals surface area contributed by atoms with E-state index in [2.05, 4.69) is 198 Å². The summed E-state index contributed by atoms with van der Waals surface area (Å²) in [5, 5.41) is 1.16. The first kappa shape index (κ1) is 34.3. The van der Waals surface area contributed by atoms with Crippen LogP contribution in [0.2, 0.25) is 0 Å². The Balaban J connectivity index is 1.20. The average Bonchev–Trinajstić information content (AvgIpc) is 3.68. The minimum atomic E-state index is -0.324. The number of nitrogens with zero attached hydrogens (tertiary/aromatic N) is 1. The van der Waals surface area contributed by atoms with Gasteiger partial charge in [0.15, 0.2) is 0 Å². The Hall–Kier alpha value is -6.16. The lowest BCUT2D eigenvalue weighted by Crippen LogP contribution is -2.25. The third-order valence-electron chi connectivity index (χ3n) is 12.2. The van der Waals surface area contributed by atoms with Crippen molar-refractivity contribution in [2.24, 2.45) is 0 Å². The maximum atomic E-state index is 6.95. The Bertz CT molecular complexity index is 2800. The van der Waals surface area contributed by atoms with E-state index in [0.29, 0.717) is 0 Å². The number of anilines is 3. The topological polar surface area (TPSA) is 12.5 Å². The quantitative estimate of drug-likeness (QED) is 0.168. The fourth-order valence-corrected chi connectivity index (χ4v) is 10.3. The smallest absolute Gasteiger partial charge is 0.140 e. The predicted octanol–water partition coefficient (Wildman–Crippen LogP) is 15.4. The molecule has 0 unspecified atom stereocenters. The van der Waals surface area contributed by atoms with Crippen molar-refractivity contribution in [2.45, 2.75) is 45.4 Å². The maximum absolute atomic E-state index is 6.95. The van der Waals surface area contributed by atoms with E-state index in [9.17, 15) is 0 Å². The van der Waals surface area contributed by atoms with Crippen molar-refractivity contribution in [3.63, 3.8) is 0 Å². The van der Waals surface area contributed by atoms with Gasteiger partial charge in [0.25, 0.3) is 0 Å². The minimum absolute atomic E-state index is 0.139. The first-order valence-corrected chi connectivity index (χ1v) is 20.3. The molecule has 0 fully saturated rings. The van der Waals surface area contributed by atoms with Crippen molar-refractivity contribution >= 4 is 44.6 Å². The van der Waals surface area contributed by atoms with Gasteiger partial charge >= 0.3 is 0 Å². The molecular formula is C53H43NOS. The van der Waals surface area contributed by atoms with E-state index in [0.717, 1.165) is 45.1 Å². The van der Waals surface area contributed by atoms with Crippen LogP contribution in [0, 0.1) is 6.92 Å². The molecule has 0 radical (unpaired) electrons. The first-order chi connectivity index (χ1) is 27.1. The molecule has 0 saturated carbocycles. The van der Waals surface area contributed by atoms with E-state index >= 15 is 0 Å². The highest BCUT2D eigenvalue weighted by molar-refractivity contribution is 7.19. The van der Waals surface area contributed by atoms with E-state index in [-0.39, 0.29) is 10.8 Å². The van der Waals surface area contributed by atoms with Gasteiger partial charge in [-0.05, 0) is 112 Å². The molecule has 1 aliphatic heterocycles. The third kappa shape index (κ3) is 5.22. The number of benzene rings is 7. The van der Waals surface area contributed by atoms with Gasteiger partial charge in [-0.25, -0.2) is 0 Å². The summed E-state index contributed by atoms with van der Waals surface area (Å²) in [5.74, 6) is 1.85. The van der Waals surface area contributed by atoms with Gasteiger partial charge in [-0.2, -0.15) is 0 Å². The summed E-state index contributed by atoms with van der Waals surface area (Å²) in [4.78, 5) is 3.71. The van der Waals surface area contributed by atoms with Gasteiger partial charge < -0.3 is 9.64 Å². The molecule has 0 spiro atoms. The molecule has 2 nitrogen and oxygen atoms in total. The summed E-state index contributed by atoms with van der Waals surface area (Å²) in [6, 6.07) is 55.7. The predicted molar refractivity (Wildman–Crippen MR) is 238 cm³/mol. The van der Waals surface area contributed by atoms with Gasteiger partial charge in [-0.1, -0.05) is 137 Å². The van der Waals surface area contributed by atoms with E-state index < -0.39 is 0 Å². The van der Waals surface area contributed by atoms with Gasteiger partial charge in [-0.15, -0.1) is 11.3 Å². The van der Waals surface area contributed by atoms with Crippen LogP contribution in [0.25, 0.3) is 49.5 Å². The summed E-state index contributed by atoms with van der Waals surface area (Å²) >= 11 is 1.80. The van der Waals surface area contributed by atoms with E-state index in [1.54, 1.807) is 11.3 Å². The standard InChI is InChI=1S/C53H43NOS/c1-7-41-33(2)56-49-27-25-45-51(50(41)49)55-48-26-23-39(32-47(48)53(45,5)6)54(38-22-24-43-42-20-14-15-21-44(42)52(3,4)46(43)31-38)40-29-36(34-16-10-8-11-17-34)28-37(30-40)35-18-12-9-13-19-35/h7-32H,1H2,2-6H3. The van der Waals surface area contributed by atoms with E-state index in [4.69, 9.17) is 4.74 Å². The molecule has 0 bridgehead atoms. The lowest BCUT2D eigenvalue weighted by molar-refractivity contribution is 0.423. The Morgan fingerprint density at radius 2 is 1.12 bits per heavy atom. The zero-order chi connectivity index (χ0) is 38.3. The van der Waals surface area contributed by atoms with Crippen LogP contribution < -0.4 is 9.64 Å².